The second-order valence-electron chi connectivity index (χ2n) is 10.4. The number of carbonyl (C=O) groups excluding carboxylic acids is 3. The fourth-order valence-corrected chi connectivity index (χ4v) is 5.58. The van der Waals surface area contributed by atoms with Gasteiger partial charge in [-0.15, -0.1) is 0 Å². The molecular weight excluding hydrogens is 507 g/mol. The maximum atomic E-state index is 13.6. The molecule has 0 unspecified atom stereocenters. The molecule has 2 saturated heterocycles. The number of benzene rings is 3. The zero-order chi connectivity index (χ0) is 28.1. The van der Waals surface area contributed by atoms with Gasteiger partial charge in [0.15, 0.2) is 0 Å². The third kappa shape index (κ3) is 6.01. The summed E-state index contributed by atoms with van der Waals surface area (Å²) in [7, 11) is 0. The van der Waals surface area contributed by atoms with Gasteiger partial charge in [0.05, 0.1) is 11.5 Å². The Morgan fingerprint density at radius 3 is 2.15 bits per heavy atom. The van der Waals surface area contributed by atoms with Crippen molar-refractivity contribution in [2.24, 2.45) is 0 Å². The summed E-state index contributed by atoms with van der Waals surface area (Å²) in [4.78, 5) is 45.7. The molecule has 0 saturated carbocycles. The second kappa shape index (κ2) is 12.3. The SMILES string of the molecule is CC[C@@H](C(=O)N1CCN(c2ccc(NC(=O)c3ccc(F)cc3)cc2C(=O)N2CCCC2)CC1)c1ccccc1. The summed E-state index contributed by atoms with van der Waals surface area (Å²) in [5, 5.41) is 2.85. The van der Waals surface area contributed by atoms with E-state index in [2.05, 4.69) is 10.2 Å². The van der Waals surface area contributed by atoms with Gasteiger partial charge in [0.25, 0.3) is 11.8 Å². The first-order valence-electron chi connectivity index (χ1n) is 14.0. The number of piperazine rings is 1. The average molecular weight is 543 g/mol. The van der Waals surface area contributed by atoms with Crippen LogP contribution in [0.3, 0.4) is 0 Å². The minimum atomic E-state index is -0.411. The van der Waals surface area contributed by atoms with Gasteiger partial charge in [0, 0.05) is 56.2 Å². The van der Waals surface area contributed by atoms with Crippen molar-refractivity contribution in [3.05, 3.63) is 95.3 Å². The largest absolute Gasteiger partial charge is 0.367 e. The van der Waals surface area contributed by atoms with Gasteiger partial charge in [-0.2, -0.15) is 0 Å². The molecule has 3 aromatic rings. The number of nitrogens with zero attached hydrogens (tertiary/aromatic N) is 3. The molecule has 0 bridgehead atoms. The van der Waals surface area contributed by atoms with Gasteiger partial charge in [-0.3, -0.25) is 14.4 Å². The summed E-state index contributed by atoms with van der Waals surface area (Å²) in [5.74, 6) is -0.863. The fourth-order valence-electron chi connectivity index (χ4n) is 5.58. The van der Waals surface area contributed by atoms with Crippen LogP contribution in [0.2, 0.25) is 0 Å². The lowest BCUT2D eigenvalue weighted by atomic mass is 9.94. The first-order chi connectivity index (χ1) is 19.4. The number of anilines is 2. The molecule has 40 heavy (non-hydrogen) atoms. The van der Waals surface area contributed by atoms with Crippen LogP contribution in [0.25, 0.3) is 0 Å². The third-order valence-electron chi connectivity index (χ3n) is 7.82. The van der Waals surface area contributed by atoms with E-state index in [4.69, 9.17) is 0 Å². The van der Waals surface area contributed by atoms with Crippen molar-refractivity contribution in [3.63, 3.8) is 0 Å². The van der Waals surface area contributed by atoms with Gasteiger partial charge in [-0.1, -0.05) is 37.3 Å². The van der Waals surface area contributed by atoms with Crippen LogP contribution in [0, 0.1) is 5.82 Å². The number of hydrogen-bond donors (Lipinski definition) is 1. The number of halogens is 1. The summed E-state index contributed by atoms with van der Waals surface area (Å²) in [6.45, 7) is 5.83. The van der Waals surface area contributed by atoms with E-state index >= 15 is 0 Å². The Morgan fingerprint density at radius 2 is 1.50 bits per heavy atom. The lowest BCUT2D eigenvalue weighted by molar-refractivity contribution is -0.133. The number of hydrogen-bond acceptors (Lipinski definition) is 4. The van der Waals surface area contributed by atoms with Gasteiger partial charge in [0.1, 0.15) is 5.82 Å². The first-order valence-corrected chi connectivity index (χ1v) is 14.0. The van der Waals surface area contributed by atoms with E-state index in [1.807, 2.05) is 53.1 Å². The summed E-state index contributed by atoms with van der Waals surface area (Å²) in [6, 6.07) is 20.6. The lowest BCUT2D eigenvalue weighted by Crippen LogP contribution is -2.50. The van der Waals surface area contributed by atoms with Crippen LogP contribution in [0.5, 0.6) is 0 Å². The monoisotopic (exact) mass is 542 g/mol. The molecule has 2 heterocycles. The van der Waals surface area contributed by atoms with Gasteiger partial charge in [0.2, 0.25) is 5.91 Å². The molecule has 3 amide bonds. The van der Waals surface area contributed by atoms with Crippen molar-refractivity contribution in [2.75, 3.05) is 49.5 Å². The Balaban J connectivity index is 1.33. The molecule has 0 spiro atoms. The Bertz CT molecular complexity index is 1350. The van der Waals surface area contributed by atoms with Gasteiger partial charge in [-0.25, -0.2) is 4.39 Å². The second-order valence-corrected chi connectivity index (χ2v) is 10.4. The Hall–Kier alpha value is -4.20. The molecule has 1 N–H and O–H groups in total. The topological polar surface area (TPSA) is 73.0 Å². The number of nitrogens with one attached hydrogen (secondary N) is 1. The van der Waals surface area contributed by atoms with E-state index in [0.717, 1.165) is 30.5 Å². The molecule has 0 radical (unpaired) electrons. The van der Waals surface area contributed by atoms with Crippen LogP contribution in [0.1, 0.15) is 58.4 Å². The van der Waals surface area contributed by atoms with Crippen LogP contribution < -0.4 is 10.2 Å². The van der Waals surface area contributed by atoms with Crippen LogP contribution in [0.4, 0.5) is 15.8 Å². The Morgan fingerprint density at radius 1 is 0.825 bits per heavy atom. The average Bonchev–Trinajstić information content (AvgIpc) is 3.53. The number of likely N-dealkylation sites (tertiary alicyclic amines) is 1. The van der Waals surface area contributed by atoms with Crippen molar-refractivity contribution in [1.82, 2.24) is 9.80 Å². The van der Waals surface area contributed by atoms with Crippen molar-refractivity contribution in [2.45, 2.75) is 32.1 Å². The highest BCUT2D eigenvalue weighted by molar-refractivity contribution is 6.06. The van der Waals surface area contributed by atoms with Crippen molar-refractivity contribution in [1.29, 1.82) is 0 Å². The maximum Gasteiger partial charge on any atom is 0.256 e. The van der Waals surface area contributed by atoms with Gasteiger partial charge < -0.3 is 20.0 Å². The maximum absolute atomic E-state index is 13.6. The van der Waals surface area contributed by atoms with Crippen LogP contribution in [-0.2, 0) is 4.79 Å². The number of rotatable bonds is 7. The lowest BCUT2D eigenvalue weighted by Gasteiger charge is -2.38. The minimum absolute atomic E-state index is 0.0565. The van der Waals surface area contributed by atoms with E-state index in [0.29, 0.717) is 56.1 Å². The number of carbonyl (C=O) groups is 3. The normalized spacial score (nSPS) is 16.1. The molecule has 3 aromatic carbocycles. The van der Waals surface area contributed by atoms with Crippen molar-refractivity contribution >= 4 is 29.1 Å². The first kappa shape index (κ1) is 27.4. The summed E-state index contributed by atoms with van der Waals surface area (Å²) in [6.07, 6.45) is 2.69. The fraction of sp³-hybridized carbons (Fsp3) is 0.344. The molecule has 0 aromatic heterocycles. The molecule has 5 rings (SSSR count). The predicted molar refractivity (Wildman–Crippen MR) is 154 cm³/mol. The standard InChI is InChI=1S/C32H35FN4O3/c1-2-27(23-8-4-3-5-9-23)31(39)37-20-18-35(19-21-37)29-15-14-26(22-28(29)32(40)36-16-6-7-17-36)34-30(38)24-10-12-25(33)13-11-24/h3-5,8-15,22,27H,2,6-7,16-21H2,1H3,(H,34,38)/t27-/m1/s1. The zero-order valence-electron chi connectivity index (χ0n) is 22.8. The molecule has 2 aliphatic rings. The summed E-state index contributed by atoms with van der Waals surface area (Å²) in [5.41, 5.74) is 3.21. The summed E-state index contributed by atoms with van der Waals surface area (Å²) >= 11 is 0. The van der Waals surface area contributed by atoms with Gasteiger partial charge >= 0.3 is 0 Å². The van der Waals surface area contributed by atoms with E-state index in [-0.39, 0.29) is 23.6 Å². The van der Waals surface area contributed by atoms with Gasteiger partial charge in [-0.05, 0) is 67.3 Å². The predicted octanol–water partition coefficient (Wildman–Crippen LogP) is 5.16. The van der Waals surface area contributed by atoms with Crippen LogP contribution in [-0.4, -0.2) is 66.8 Å². The minimum Gasteiger partial charge on any atom is -0.367 e. The molecule has 0 aliphatic carbocycles. The highest BCUT2D eigenvalue weighted by Gasteiger charge is 2.30. The van der Waals surface area contributed by atoms with E-state index < -0.39 is 5.82 Å². The van der Waals surface area contributed by atoms with Crippen molar-refractivity contribution in [3.8, 4) is 0 Å². The van der Waals surface area contributed by atoms with E-state index in [9.17, 15) is 18.8 Å². The molecule has 2 aliphatic heterocycles. The zero-order valence-corrected chi connectivity index (χ0v) is 22.8. The quantitative estimate of drug-likeness (QED) is 0.448. The molecule has 2 fully saturated rings. The highest BCUT2D eigenvalue weighted by atomic mass is 19.1. The van der Waals surface area contributed by atoms with E-state index in [1.165, 1.54) is 24.3 Å². The smallest absolute Gasteiger partial charge is 0.256 e. The molecule has 7 nitrogen and oxygen atoms in total. The Kier molecular flexibility index (Phi) is 8.43. The Labute approximate surface area is 234 Å². The van der Waals surface area contributed by atoms with Crippen LogP contribution in [0.15, 0.2) is 72.8 Å². The third-order valence-corrected chi connectivity index (χ3v) is 7.82. The van der Waals surface area contributed by atoms with E-state index in [1.54, 1.807) is 12.1 Å². The molecular formula is C32H35FN4O3. The summed E-state index contributed by atoms with van der Waals surface area (Å²) < 4.78 is 13.3. The molecule has 208 valence electrons. The van der Waals surface area contributed by atoms with Crippen molar-refractivity contribution < 1.29 is 18.8 Å². The molecule has 8 heteroatoms. The van der Waals surface area contributed by atoms with Crippen LogP contribution >= 0.6 is 0 Å². The number of amides is 3. The molecule has 1 atom stereocenters. The highest BCUT2D eigenvalue weighted by Crippen LogP contribution is 2.29.